The van der Waals surface area contributed by atoms with Crippen LogP contribution in [0.2, 0.25) is 5.02 Å². The summed E-state index contributed by atoms with van der Waals surface area (Å²) in [6, 6.07) is 15.6. The van der Waals surface area contributed by atoms with Gasteiger partial charge in [-0.1, -0.05) is 35.9 Å². The largest absolute Gasteiger partial charge is 0.399 e. The molecule has 0 atom stereocenters. The van der Waals surface area contributed by atoms with Crippen LogP contribution in [-0.4, -0.2) is 6.61 Å². The molecule has 2 aromatic carbocycles. The van der Waals surface area contributed by atoms with Crippen molar-refractivity contribution in [3.8, 4) is 0 Å². The van der Waals surface area contributed by atoms with Crippen LogP contribution in [0.3, 0.4) is 0 Å². The predicted molar refractivity (Wildman–Crippen MR) is 75.7 cm³/mol. The Morgan fingerprint density at radius 1 is 0.889 bits per heavy atom. The molecular weight excluding hydrogens is 246 g/mol. The third kappa shape index (κ3) is 4.06. The van der Waals surface area contributed by atoms with Crippen LogP contribution < -0.4 is 5.73 Å². The highest BCUT2D eigenvalue weighted by Crippen LogP contribution is 2.11. The zero-order valence-corrected chi connectivity index (χ0v) is 10.9. The van der Waals surface area contributed by atoms with Crippen LogP contribution in [0.15, 0.2) is 48.5 Å². The summed E-state index contributed by atoms with van der Waals surface area (Å²) < 4.78 is 5.62. The second kappa shape index (κ2) is 6.43. The lowest BCUT2D eigenvalue weighted by Gasteiger charge is -2.05. The van der Waals surface area contributed by atoms with Crippen LogP contribution in [0.4, 0.5) is 5.69 Å². The van der Waals surface area contributed by atoms with Crippen molar-refractivity contribution < 1.29 is 4.74 Å². The summed E-state index contributed by atoms with van der Waals surface area (Å²) in [5.41, 5.74) is 8.79. The molecule has 0 heterocycles. The smallest absolute Gasteiger partial charge is 0.0717 e. The molecule has 0 bridgehead atoms. The minimum atomic E-state index is 0.617. The summed E-state index contributed by atoms with van der Waals surface area (Å²) in [5.74, 6) is 0. The molecule has 2 rings (SSSR count). The summed E-state index contributed by atoms with van der Waals surface area (Å²) in [5, 5.41) is 0.751. The lowest BCUT2D eigenvalue weighted by molar-refractivity contribution is 0.124. The summed E-state index contributed by atoms with van der Waals surface area (Å²) in [6.45, 7) is 1.32. The molecule has 0 aliphatic carbocycles. The van der Waals surface area contributed by atoms with E-state index in [9.17, 15) is 0 Å². The van der Waals surface area contributed by atoms with Gasteiger partial charge < -0.3 is 10.5 Å². The van der Waals surface area contributed by atoms with Gasteiger partial charge in [-0.3, -0.25) is 0 Å². The van der Waals surface area contributed by atoms with Gasteiger partial charge in [0, 0.05) is 10.7 Å². The normalized spacial score (nSPS) is 10.5. The highest BCUT2D eigenvalue weighted by atomic mass is 35.5. The van der Waals surface area contributed by atoms with E-state index in [0.29, 0.717) is 13.2 Å². The maximum absolute atomic E-state index is 5.81. The quantitative estimate of drug-likeness (QED) is 0.658. The predicted octanol–water partition coefficient (Wildman–Crippen LogP) is 3.68. The minimum Gasteiger partial charge on any atom is -0.399 e. The number of nitrogens with two attached hydrogens (primary N) is 1. The average Bonchev–Trinajstić information content (AvgIpc) is 2.39. The number of benzene rings is 2. The van der Waals surface area contributed by atoms with Gasteiger partial charge in [-0.2, -0.15) is 0 Å². The molecule has 2 aromatic rings. The number of anilines is 1. The molecule has 94 valence electrons. The Hall–Kier alpha value is -1.51. The van der Waals surface area contributed by atoms with Crippen molar-refractivity contribution in [3.05, 3.63) is 64.7 Å². The van der Waals surface area contributed by atoms with E-state index in [2.05, 4.69) is 0 Å². The van der Waals surface area contributed by atoms with Gasteiger partial charge in [0.15, 0.2) is 0 Å². The number of nitrogen functional groups attached to an aromatic ring is 1. The Bertz CT molecular complexity index is 431. The molecule has 0 saturated carbocycles. The van der Waals surface area contributed by atoms with Gasteiger partial charge in [-0.15, -0.1) is 0 Å². The van der Waals surface area contributed by atoms with Crippen LogP contribution in [0.5, 0.6) is 0 Å². The van der Waals surface area contributed by atoms with Gasteiger partial charge in [0.25, 0.3) is 0 Å². The molecule has 3 heteroatoms. The minimum absolute atomic E-state index is 0.617. The van der Waals surface area contributed by atoms with Crippen molar-refractivity contribution >= 4 is 17.3 Å². The van der Waals surface area contributed by atoms with E-state index in [1.54, 1.807) is 0 Å². The van der Waals surface area contributed by atoms with Crippen LogP contribution in [0.1, 0.15) is 11.1 Å². The fourth-order valence-electron chi connectivity index (χ4n) is 1.64. The Morgan fingerprint density at radius 3 is 2.17 bits per heavy atom. The first-order valence-electron chi connectivity index (χ1n) is 5.90. The fraction of sp³-hybridized carbons (Fsp3) is 0.200. The number of halogens is 1. The Kier molecular flexibility index (Phi) is 4.62. The van der Waals surface area contributed by atoms with Gasteiger partial charge in [0.1, 0.15) is 0 Å². The Balaban J connectivity index is 1.73. The molecule has 0 spiro atoms. The second-order valence-corrected chi connectivity index (χ2v) is 4.61. The standard InChI is InChI=1S/C15H16ClNO/c16-14-5-1-13(2-6-14)11-18-10-9-12-3-7-15(17)8-4-12/h1-8H,9-11,17H2. The maximum atomic E-state index is 5.81. The molecule has 2 nitrogen and oxygen atoms in total. The molecule has 0 fully saturated rings. The molecule has 2 N–H and O–H groups in total. The molecule has 0 aromatic heterocycles. The molecule has 0 saturated heterocycles. The molecule has 18 heavy (non-hydrogen) atoms. The second-order valence-electron chi connectivity index (χ2n) is 4.17. The van der Waals surface area contributed by atoms with Crippen molar-refractivity contribution in [2.45, 2.75) is 13.0 Å². The summed E-state index contributed by atoms with van der Waals surface area (Å²) >= 11 is 5.81. The lowest BCUT2D eigenvalue weighted by atomic mass is 10.1. The van der Waals surface area contributed by atoms with E-state index in [1.165, 1.54) is 5.56 Å². The first kappa shape index (κ1) is 12.9. The Morgan fingerprint density at radius 2 is 1.50 bits per heavy atom. The SMILES string of the molecule is Nc1ccc(CCOCc2ccc(Cl)cc2)cc1. The third-order valence-corrected chi connectivity index (χ3v) is 2.95. The van der Waals surface area contributed by atoms with Crippen molar-refractivity contribution in [3.63, 3.8) is 0 Å². The number of hydrogen-bond acceptors (Lipinski definition) is 2. The molecule has 0 aliphatic rings. The van der Waals surface area contributed by atoms with Crippen molar-refractivity contribution in [2.24, 2.45) is 0 Å². The van der Waals surface area contributed by atoms with E-state index in [-0.39, 0.29) is 0 Å². The van der Waals surface area contributed by atoms with E-state index >= 15 is 0 Å². The van der Waals surface area contributed by atoms with Gasteiger partial charge in [-0.25, -0.2) is 0 Å². The van der Waals surface area contributed by atoms with Crippen molar-refractivity contribution in [1.29, 1.82) is 0 Å². The topological polar surface area (TPSA) is 35.2 Å². The number of ether oxygens (including phenoxy) is 1. The molecule has 0 radical (unpaired) electrons. The van der Waals surface area contributed by atoms with Crippen molar-refractivity contribution in [1.82, 2.24) is 0 Å². The van der Waals surface area contributed by atoms with E-state index in [0.717, 1.165) is 22.7 Å². The first-order chi connectivity index (χ1) is 8.74. The first-order valence-corrected chi connectivity index (χ1v) is 6.28. The van der Waals surface area contributed by atoms with Gasteiger partial charge in [-0.05, 0) is 41.8 Å². The summed E-state index contributed by atoms with van der Waals surface area (Å²) in [7, 11) is 0. The van der Waals surface area contributed by atoms with Crippen LogP contribution in [-0.2, 0) is 17.8 Å². The van der Waals surface area contributed by atoms with E-state index < -0.39 is 0 Å². The highest BCUT2D eigenvalue weighted by molar-refractivity contribution is 6.30. The molecule has 0 unspecified atom stereocenters. The Labute approximate surface area is 112 Å². The fourth-order valence-corrected chi connectivity index (χ4v) is 1.77. The molecule has 0 amide bonds. The average molecular weight is 262 g/mol. The van der Waals surface area contributed by atoms with Gasteiger partial charge in [0.2, 0.25) is 0 Å². The lowest BCUT2D eigenvalue weighted by Crippen LogP contribution is -1.99. The zero-order valence-electron chi connectivity index (χ0n) is 10.1. The van der Waals surface area contributed by atoms with E-state index in [1.807, 2.05) is 48.5 Å². The van der Waals surface area contributed by atoms with Gasteiger partial charge in [0.05, 0.1) is 13.2 Å². The van der Waals surface area contributed by atoms with Crippen LogP contribution in [0, 0.1) is 0 Å². The van der Waals surface area contributed by atoms with E-state index in [4.69, 9.17) is 22.1 Å². The van der Waals surface area contributed by atoms with Crippen LogP contribution in [0.25, 0.3) is 0 Å². The van der Waals surface area contributed by atoms with Crippen LogP contribution >= 0.6 is 11.6 Å². The van der Waals surface area contributed by atoms with Gasteiger partial charge >= 0.3 is 0 Å². The molecule has 0 aliphatic heterocycles. The maximum Gasteiger partial charge on any atom is 0.0717 e. The number of hydrogen-bond donors (Lipinski definition) is 1. The monoisotopic (exact) mass is 261 g/mol. The summed E-state index contributed by atoms with van der Waals surface area (Å²) in [6.07, 6.45) is 0.897. The number of rotatable bonds is 5. The molecular formula is C15H16ClNO. The summed E-state index contributed by atoms with van der Waals surface area (Å²) in [4.78, 5) is 0. The van der Waals surface area contributed by atoms with Crippen molar-refractivity contribution in [2.75, 3.05) is 12.3 Å². The highest BCUT2D eigenvalue weighted by Gasteiger charge is 1.96. The zero-order chi connectivity index (χ0) is 12.8. The third-order valence-electron chi connectivity index (χ3n) is 2.70.